The number of methoxy groups -OCH3 is 2. The van der Waals surface area contributed by atoms with Crippen molar-refractivity contribution in [3.8, 4) is 11.5 Å². The number of nitrogens with one attached hydrogen (secondary N) is 1. The Kier molecular flexibility index (Phi) is 11.3. The van der Waals surface area contributed by atoms with Gasteiger partial charge in [-0.05, 0) is 43.2 Å². The first kappa shape index (κ1) is 30.5. The molecule has 2 aromatic carbocycles. The highest BCUT2D eigenvalue weighted by Crippen LogP contribution is 2.32. The summed E-state index contributed by atoms with van der Waals surface area (Å²) in [6, 6.07) is 8.46. The molecule has 0 aromatic heterocycles. The van der Waals surface area contributed by atoms with Crippen LogP contribution in [0.5, 0.6) is 11.5 Å². The lowest BCUT2D eigenvalue weighted by Crippen LogP contribution is -2.51. The first-order valence-electron chi connectivity index (χ1n) is 11.6. The lowest BCUT2D eigenvalue weighted by Gasteiger charge is -2.31. The van der Waals surface area contributed by atoms with Crippen LogP contribution in [-0.4, -0.2) is 64.7 Å². The van der Waals surface area contributed by atoms with Crippen molar-refractivity contribution in [1.29, 1.82) is 0 Å². The van der Waals surface area contributed by atoms with Crippen LogP contribution in [0.2, 0.25) is 10.0 Å². The molecule has 0 unspecified atom stereocenters. The van der Waals surface area contributed by atoms with Crippen molar-refractivity contribution in [2.75, 3.05) is 37.9 Å². The zero-order valence-corrected chi connectivity index (χ0v) is 23.9. The van der Waals surface area contributed by atoms with Crippen LogP contribution >= 0.6 is 23.2 Å². The first-order chi connectivity index (χ1) is 17.4. The van der Waals surface area contributed by atoms with Gasteiger partial charge in [0.25, 0.3) is 0 Å². The van der Waals surface area contributed by atoms with Gasteiger partial charge >= 0.3 is 0 Å². The molecule has 0 aliphatic carbocycles. The lowest BCUT2D eigenvalue weighted by atomic mass is 10.1. The summed E-state index contributed by atoms with van der Waals surface area (Å²) in [5.41, 5.74) is 0.766. The Bertz CT molecular complexity index is 1210. The molecule has 0 saturated heterocycles. The summed E-state index contributed by atoms with van der Waals surface area (Å²) in [7, 11) is -1.01. The highest BCUT2D eigenvalue weighted by atomic mass is 35.5. The van der Waals surface area contributed by atoms with Crippen molar-refractivity contribution in [3.63, 3.8) is 0 Å². The third-order valence-corrected chi connectivity index (χ3v) is 7.41. The van der Waals surface area contributed by atoms with Crippen molar-refractivity contribution in [1.82, 2.24) is 10.2 Å². The molecule has 2 aromatic rings. The van der Waals surface area contributed by atoms with Crippen LogP contribution in [0.4, 0.5) is 5.69 Å². The molecule has 1 N–H and O–H groups in total. The van der Waals surface area contributed by atoms with Crippen LogP contribution in [0.25, 0.3) is 0 Å². The van der Waals surface area contributed by atoms with Crippen LogP contribution in [0, 0.1) is 0 Å². The van der Waals surface area contributed by atoms with Gasteiger partial charge in [0.1, 0.15) is 12.6 Å². The predicted molar refractivity (Wildman–Crippen MR) is 146 cm³/mol. The maximum Gasteiger partial charge on any atom is 0.244 e. The predicted octanol–water partition coefficient (Wildman–Crippen LogP) is 4.11. The summed E-state index contributed by atoms with van der Waals surface area (Å²) in [6.07, 6.45) is 2.68. The largest absolute Gasteiger partial charge is 0.493 e. The Balaban J connectivity index is 2.44. The van der Waals surface area contributed by atoms with E-state index in [9.17, 15) is 18.0 Å². The van der Waals surface area contributed by atoms with E-state index in [1.165, 1.54) is 31.3 Å². The smallest absolute Gasteiger partial charge is 0.244 e. The van der Waals surface area contributed by atoms with Gasteiger partial charge in [-0.1, -0.05) is 42.6 Å². The van der Waals surface area contributed by atoms with E-state index >= 15 is 0 Å². The molecule has 1 atom stereocenters. The fraction of sp³-hybridized carbons (Fsp3) is 0.440. The van der Waals surface area contributed by atoms with Crippen LogP contribution < -0.4 is 19.1 Å². The van der Waals surface area contributed by atoms with E-state index in [2.05, 4.69) is 5.32 Å². The summed E-state index contributed by atoms with van der Waals surface area (Å²) in [6.45, 7) is 3.48. The number of rotatable bonds is 13. The van der Waals surface area contributed by atoms with E-state index in [-0.39, 0.29) is 18.1 Å². The van der Waals surface area contributed by atoms with E-state index < -0.39 is 28.5 Å². The van der Waals surface area contributed by atoms with Crippen LogP contribution in [0.15, 0.2) is 36.4 Å². The minimum absolute atomic E-state index is 0.0270. The van der Waals surface area contributed by atoms with E-state index in [4.69, 9.17) is 32.7 Å². The van der Waals surface area contributed by atoms with Crippen molar-refractivity contribution in [2.24, 2.45) is 0 Å². The molecule has 0 fully saturated rings. The maximum atomic E-state index is 13.6. The SMILES string of the molecule is CCCCNC(=O)[C@@H](C)N(Cc1ccc(Cl)cc1Cl)C(=O)CN(c1ccc(OC)c(OC)c1)S(C)(=O)=O. The Morgan fingerprint density at radius 1 is 1.05 bits per heavy atom. The molecule has 0 aliphatic rings. The Hall–Kier alpha value is -2.69. The van der Waals surface area contributed by atoms with Gasteiger partial charge in [-0.2, -0.15) is 0 Å². The van der Waals surface area contributed by atoms with Crippen LogP contribution in [0.3, 0.4) is 0 Å². The molecule has 0 aliphatic heterocycles. The molecular weight excluding hydrogens is 541 g/mol. The molecule has 2 amide bonds. The number of anilines is 1. The van der Waals surface area contributed by atoms with Crippen molar-refractivity contribution < 1.29 is 27.5 Å². The van der Waals surface area contributed by atoms with Crippen LogP contribution in [-0.2, 0) is 26.2 Å². The highest BCUT2D eigenvalue weighted by molar-refractivity contribution is 7.92. The van der Waals surface area contributed by atoms with Crippen molar-refractivity contribution in [3.05, 3.63) is 52.0 Å². The minimum atomic E-state index is -3.90. The Labute approximate surface area is 228 Å². The molecule has 12 heteroatoms. The molecular formula is C25H33Cl2N3O6S. The van der Waals surface area contributed by atoms with Gasteiger partial charge in [-0.3, -0.25) is 13.9 Å². The van der Waals surface area contributed by atoms with Gasteiger partial charge < -0.3 is 19.7 Å². The quantitative estimate of drug-likeness (QED) is 0.361. The maximum absolute atomic E-state index is 13.6. The molecule has 0 saturated carbocycles. The number of nitrogens with zero attached hydrogens (tertiary/aromatic N) is 2. The number of benzene rings is 2. The number of carbonyl (C=O) groups excluding carboxylic acids is 2. The molecule has 204 valence electrons. The van der Waals surface area contributed by atoms with E-state index in [1.54, 1.807) is 31.2 Å². The molecule has 9 nitrogen and oxygen atoms in total. The number of sulfonamides is 1. The Morgan fingerprint density at radius 3 is 2.30 bits per heavy atom. The summed E-state index contributed by atoms with van der Waals surface area (Å²) < 4.78 is 36.9. The number of amides is 2. The summed E-state index contributed by atoms with van der Waals surface area (Å²) in [5.74, 6) is -0.245. The lowest BCUT2D eigenvalue weighted by molar-refractivity contribution is -0.139. The van der Waals surface area contributed by atoms with Gasteiger partial charge in [0.15, 0.2) is 11.5 Å². The average Bonchev–Trinajstić information content (AvgIpc) is 2.85. The number of unbranched alkanes of at least 4 members (excludes halogenated alkanes) is 1. The first-order valence-corrected chi connectivity index (χ1v) is 14.2. The minimum Gasteiger partial charge on any atom is -0.493 e. The summed E-state index contributed by atoms with van der Waals surface area (Å²) >= 11 is 12.4. The number of carbonyl (C=O) groups is 2. The second-order valence-electron chi connectivity index (χ2n) is 8.39. The van der Waals surface area contributed by atoms with Crippen molar-refractivity contribution in [2.45, 2.75) is 39.3 Å². The standard InChI is InChI=1S/C25H33Cl2N3O6S/c1-6-7-12-28-25(32)17(2)29(15-18-8-9-19(26)13-21(18)27)24(31)16-30(37(5,33)34)20-10-11-22(35-3)23(14-20)36-4/h8-11,13-14,17H,6-7,12,15-16H2,1-5H3,(H,28,32)/t17-/m1/s1. The zero-order chi connectivity index (χ0) is 27.8. The summed E-state index contributed by atoms with van der Waals surface area (Å²) in [4.78, 5) is 27.8. The summed E-state index contributed by atoms with van der Waals surface area (Å²) in [5, 5.41) is 3.57. The van der Waals surface area contributed by atoms with Gasteiger partial charge in [0.05, 0.1) is 26.2 Å². The number of ether oxygens (including phenoxy) is 2. The number of halogens is 2. The van der Waals surface area contributed by atoms with Gasteiger partial charge in [0.2, 0.25) is 21.8 Å². The highest BCUT2D eigenvalue weighted by Gasteiger charge is 2.30. The molecule has 0 bridgehead atoms. The van der Waals surface area contributed by atoms with E-state index in [1.807, 2.05) is 6.92 Å². The fourth-order valence-electron chi connectivity index (χ4n) is 3.55. The van der Waals surface area contributed by atoms with Gasteiger partial charge in [-0.25, -0.2) is 8.42 Å². The Morgan fingerprint density at radius 2 is 1.73 bits per heavy atom. The number of hydrogen-bond acceptors (Lipinski definition) is 6. The molecule has 2 rings (SSSR count). The van der Waals surface area contributed by atoms with Crippen LogP contribution in [0.1, 0.15) is 32.3 Å². The van der Waals surface area contributed by atoms with E-state index in [0.29, 0.717) is 33.7 Å². The molecule has 37 heavy (non-hydrogen) atoms. The van der Waals surface area contributed by atoms with Gasteiger partial charge in [-0.15, -0.1) is 0 Å². The second-order valence-corrected chi connectivity index (χ2v) is 11.1. The number of hydrogen-bond donors (Lipinski definition) is 1. The zero-order valence-electron chi connectivity index (χ0n) is 21.6. The average molecular weight is 575 g/mol. The molecule has 0 spiro atoms. The topological polar surface area (TPSA) is 105 Å². The monoisotopic (exact) mass is 573 g/mol. The second kappa shape index (κ2) is 13.7. The third kappa shape index (κ3) is 8.41. The van der Waals surface area contributed by atoms with E-state index in [0.717, 1.165) is 23.4 Å². The third-order valence-electron chi connectivity index (χ3n) is 5.69. The van der Waals surface area contributed by atoms with Crippen molar-refractivity contribution >= 4 is 50.7 Å². The normalized spacial score (nSPS) is 12.0. The molecule has 0 radical (unpaired) electrons. The fourth-order valence-corrected chi connectivity index (χ4v) is 4.86. The van der Waals surface area contributed by atoms with Gasteiger partial charge in [0, 0.05) is 29.2 Å². The molecule has 0 heterocycles.